The van der Waals surface area contributed by atoms with Crippen LogP contribution in [-0.2, 0) is 14.3 Å². The first-order chi connectivity index (χ1) is 11.1. The van der Waals surface area contributed by atoms with Gasteiger partial charge in [0.1, 0.15) is 0 Å². The second-order valence-electron chi connectivity index (χ2n) is 6.80. The van der Waals surface area contributed by atoms with Gasteiger partial charge in [-0.1, -0.05) is 0 Å². The van der Waals surface area contributed by atoms with E-state index < -0.39 is 6.04 Å². The minimum absolute atomic E-state index is 0.0724. The smallest absolute Gasteiger partial charge is 0.242 e. The molecule has 130 valence electrons. The third-order valence-electron chi connectivity index (χ3n) is 5.17. The van der Waals surface area contributed by atoms with E-state index in [2.05, 4.69) is 4.90 Å². The van der Waals surface area contributed by atoms with Gasteiger partial charge >= 0.3 is 0 Å². The molecule has 23 heavy (non-hydrogen) atoms. The van der Waals surface area contributed by atoms with Crippen LogP contribution in [0.15, 0.2) is 0 Å². The minimum Gasteiger partial charge on any atom is -0.379 e. The lowest BCUT2D eigenvalue weighted by molar-refractivity contribution is -0.143. The predicted molar refractivity (Wildman–Crippen MR) is 85.8 cm³/mol. The first-order valence-corrected chi connectivity index (χ1v) is 8.79. The van der Waals surface area contributed by atoms with Crippen LogP contribution >= 0.6 is 0 Å². The average molecular weight is 324 g/mol. The molecular weight excluding hydrogens is 296 g/mol. The Bertz CT molecular complexity index is 439. The van der Waals surface area contributed by atoms with E-state index in [1.165, 1.54) is 0 Å². The Labute approximate surface area is 137 Å². The van der Waals surface area contributed by atoms with Gasteiger partial charge in [-0.15, -0.1) is 0 Å². The van der Waals surface area contributed by atoms with Crippen molar-refractivity contribution in [1.29, 1.82) is 0 Å². The highest BCUT2D eigenvalue weighted by molar-refractivity contribution is 5.88. The van der Waals surface area contributed by atoms with Crippen LogP contribution in [0.4, 0.5) is 0 Å². The molecule has 0 radical (unpaired) electrons. The fourth-order valence-corrected chi connectivity index (χ4v) is 3.82. The number of likely N-dealkylation sites (tertiary alicyclic amines) is 2. The molecule has 3 aliphatic rings. The van der Waals surface area contributed by atoms with Crippen molar-refractivity contribution in [1.82, 2.24) is 14.7 Å². The number of hydrogen-bond acceptors (Lipinski definition) is 5. The number of amides is 2. The number of morpholine rings is 1. The van der Waals surface area contributed by atoms with Crippen LogP contribution in [0.1, 0.15) is 25.7 Å². The molecule has 2 amide bonds. The van der Waals surface area contributed by atoms with Crippen molar-refractivity contribution in [3.8, 4) is 0 Å². The molecule has 3 fully saturated rings. The second-order valence-corrected chi connectivity index (χ2v) is 6.80. The number of carbonyl (C=O) groups excluding carboxylic acids is 2. The molecule has 0 bridgehead atoms. The molecule has 7 heteroatoms. The van der Waals surface area contributed by atoms with Crippen molar-refractivity contribution >= 4 is 11.8 Å². The summed E-state index contributed by atoms with van der Waals surface area (Å²) in [7, 11) is 0. The Kier molecular flexibility index (Phi) is 5.50. The lowest BCUT2D eigenvalue weighted by Gasteiger charge is -2.35. The Morgan fingerprint density at radius 2 is 1.87 bits per heavy atom. The molecule has 0 aliphatic carbocycles. The second kappa shape index (κ2) is 7.59. The van der Waals surface area contributed by atoms with Gasteiger partial charge in [-0.05, 0) is 25.7 Å². The van der Waals surface area contributed by atoms with Crippen LogP contribution in [0.3, 0.4) is 0 Å². The topological polar surface area (TPSA) is 79.1 Å². The van der Waals surface area contributed by atoms with E-state index in [1.807, 2.05) is 4.90 Å². The fraction of sp³-hybridized carbons (Fsp3) is 0.875. The van der Waals surface area contributed by atoms with Crippen molar-refractivity contribution < 1.29 is 14.3 Å². The predicted octanol–water partition coefficient (Wildman–Crippen LogP) is -0.741. The van der Waals surface area contributed by atoms with Crippen molar-refractivity contribution in [3.63, 3.8) is 0 Å². The number of hydrogen-bond donors (Lipinski definition) is 1. The monoisotopic (exact) mass is 324 g/mol. The number of nitrogens with zero attached hydrogens (tertiary/aromatic N) is 3. The maximum Gasteiger partial charge on any atom is 0.242 e. The summed E-state index contributed by atoms with van der Waals surface area (Å²) in [5.74, 6) is -0.00302. The molecule has 2 N–H and O–H groups in total. The summed E-state index contributed by atoms with van der Waals surface area (Å²) >= 11 is 0. The lowest BCUT2D eigenvalue weighted by Crippen LogP contribution is -2.53. The van der Waals surface area contributed by atoms with Crippen molar-refractivity contribution in [2.75, 3.05) is 52.5 Å². The van der Waals surface area contributed by atoms with Gasteiger partial charge < -0.3 is 20.3 Å². The van der Waals surface area contributed by atoms with E-state index in [0.29, 0.717) is 6.54 Å². The third-order valence-corrected chi connectivity index (χ3v) is 5.17. The number of ether oxygens (including phenoxy) is 1. The van der Waals surface area contributed by atoms with Gasteiger partial charge in [-0.3, -0.25) is 14.5 Å². The summed E-state index contributed by atoms with van der Waals surface area (Å²) in [6.45, 7) is 6.01. The maximum absolute atomic E-state index is 12.7. The summed E-state index contributed by atoms with van der Waals surface area (Å²) in [5.41, 5.74) is 5.81. The standard InChI is InChI=1S/C16H28N4O3/c17-14-4-2-5-19(16(14)22)12-15(21)20-6-1-3-13(20)11-18-7-9-23-10-8-18/h13-14H,1-12,17H2/t13-,14+/m0/s1. The first-order valence-electron chi connectivity index (χ1n) is 8.79. The molecule has 3 aliphatic heterocycles. The molecule has 0 unspecified atom stereocenters. The van der Waals surface area contributed by atoms with E-state index in [4.69, 9.17) is 10.5 Å². The van der Waals surface area contributed by atoms with Crippen molar-refractivity contribution in [2.45, 2.75) is 37.8 Å². The van der Waals surface area contributed by atoms with Crippen LogP contribution < -0.4 is 5.73 Å². The minimum atomic E-state index is -0.431. The summed E-state index contributed by atoms with van der Waals surface area (Å²) in [6, 6.07) is -0.159. The molecule has 0 aromatic carbocycles. The van der Waals surface area contributed by atoms with Gasteiger partial charge in [0.15, 0.2) is 0 Å². The highest BCUT2D eigenvalue weighted by Crippen LogP contribution is 2.20. The molecule has 0 aromatic rings. The zero-order valence-corrected chi connectivity index (χ0v) is 13.8. The third kappa shape index (κ3) is 4.02. The molecular formula is C16H28N4O3. The zero-order chi connectivity index (χ0) is 16.2. The van der Waals surface area contributed by atoms with E-state index in [1.54, 1.807) is 4.90 Å². The Morgan fingerprint density at radius 3 is 2.65 bits per heavy atom. The molecule has 0 aromatic heterocycles. The van der Waals surface area contributed by atoms with Crippen LogP contribution in [0.25, 0.3) is 0 Å². The van der Waals surface area contributed by atoms with Gasteiger partial charge in [0.05, 0.1) is 25.8 Å². The van der Waals surface area contributed by atoms with Gasteiger partial charge in [-0.25, -0.2) is 0 Å². The number of nitrogens with two attached hydrogens (primary N) is 1. The highest BCUT2D eigenvalue weighted by atomic mass is 16.5. The van der Waals surface area contributed by atoms with Gasteiger partial charge in [0.25, 0.3) is 0 Å². The van der Waals surface area contributed by atoms with E-state index in [-0.39, 0.29) is 24.4 Å². The number of piperidine rings is 1. The Hall–Kier alpha value is -1.18. The van der Waals surface area contributed by atoms with Gasteiger partial charge in [-0.2, -0.15) is 0 Å². The Balaban J connectivity index is 1.54. The summed E-state index contributed by atoms with van der Waals surface area (Å²) in [5, 5.41) is 0. The largest absolute Gasteiger partial charge is 0.379 e. The highest BCUT2D eigenvalue weighted by Gasteiger charge is 2.33. The maximum atomic E-state index is 12.7. The summed E-state index contributed by atoms with van der Waals surface area (Å²) in [4.78, 5) is 30.7. The summed E-state index contributed by atoms with van der Waals surface area (Å²) in [6.07, 6.45) is 3.72. The molecule has 0 spiro atoms. The number of carbonyl (C=O) groups is 2. The molecule has 3 saturated heterocycles. The SMILES string of the molecule is N[C@@H]1CCCN(CC(=O)N2CCC[C@H]2CN2CCOCC2)C1=O. The van der Waals surface area contributed by atoms with Crippen molar-refractivity contribution in [3.05, 3.63) is 0 Å². The van der Waals surface area contributed by atoms with Crippen LogP contribution in [-0.4, -0.2) is 91.1 Å². The number of rotatable bonds is 4. The van der Waals surface area contributed by atoms with Crippen molar-refractivity contribution in [2.24, 2.45) is 5.73 Å². The van der Waals surface area contributed by atoms with Crippen LogP contribution in [0.5, 0.6) is 0 Å². The lowest BCUT2D eigenvalue weighted by atomic mass is 10.1. The van der Waals surface area contributed by atoms with Crippen LogP contribution in [0.2, 0.25) is 0 Å². The normalized spacial score (nSPS) is 30.0. The first kappa shape index (κ1) is 16.7. The summed E-state index contributed by atoms with van der Waals surface area (Å²) < 4.78 is 5.38. The molecule has 3 rings (SSSR count). The fourth-order valence-electron chi connectivity index (χ4n) is 3.82. The van der Waals surface area contributed by atoms with E-state index >= 15 is 0 Å². The average Bonchev–Trinajstić information content (AvgIpc) is 3.01. The zero-order valence-electron chi connectivity index (χ0n) is 13.8. The molecule has 3 heterocycles. The molecule has 7 nitrogen and oxygen atoms in total. The van der Waals surface area contributed by atoms with Gasteiger partial charge in [0.2, 0.25) is 11.8 Å². The quantitative estimate of drug-likeness (QED) is 0.737. The molecule has 2 atom stereocenters. The van der Waals surface area contributed by atoms with E-state index in [9.17, 15) is 9.59 Å². The van der Waals surface area contributed by atoms with Crippen LogP contribution in [0, 0.1) is 0 Å². The van der Waals surface area contributed by atoms with E-state index in [0.717, 1.165) is 65.1 Å². The Morgan fingerprint density at radius 1 is 1.13 bits per heavy atom. The molecule has 0 saturated carbocycles. The van der Waals surface area contributed by atoms with Gasteiger partial charge in [0, 0.05) is 38.8 Å².